The molecule has 3 heterocycles. The molecule has 0 aliphatic carbocycles. The Balaban J connectivity index is 2.29. The Labute approximate surface area is 110 Å². The highest BCUT2D eigenvalue weighted by atomic mass is 35.5. The summed E-state index contributed by atoms with van der Waals surface area (Å²) < 4.78 is 2.04. The maximum absolute atomic E-state index is 6.07. The predicted molar refractivity (Wildman–Crippen MR) is 72.7 cm³/mol. The molecule has 3 aromatic rings. The van der Waals surface area contributed by atoms with Crippen molar-refractivity contribution >= 4 is 17.2 Å². The summed E-state index contributed by atoms with van der Waals surface area (Å²) in [6.45, 7) is 2.06. The van der Waals surface area contributed by atoms with Gasteiger partial charge in [-0.3, -0.25) is 4.98 Å². The highest BCUT2D eigenvalue weighted by molar-refractivity contribution is 6.17. The molecule has 4 heteroatoms. The molecule has 0 aromatic carbocycles. The zero-order valence-electron chi connectivity index (χ0n) is 9.97. The number of imidazole rings is 1. The SMILES string of the molecule is Cc1ccn2c(CCl)c(-c3ccncc3)nc2c1. The van der Waals surface area contributed by atoms with Crippen LogP contribution in [0.5, 0.6) is 0 Å². The van der Waals surface area contributed by atoms with Gasteiger partial charge in [0.1, 0.15) is 5.65 Å². The number of pyridine rings is 2. The standard InChI is InChI=1S/C14H12ClN3/c1-10-4-7-18-12(9-15)14(17-13(18)8-10)11-2-5-16-6-3-11/h2-8H,9H2,1H3. The van der Waals surface area contributed by atoms with Crippen molar-refractivity contribution in [1.82, 2.24) is 14.4 Å². The predicted octanol–water partition coefficient (Wildman–Crippen LogP) is 3.44. The number of hydrogen-bond acceptors (Lipinski definition) is 2. The Morgan fingerprint density at radius 3 is 2.72 bits per heavy atom. The molecule has 0 fully saturated rings. The Morgan fingerprint density at radius 1 is 1.22 bits per heavy atom. The van der Waals surface area contributed by atoms with Gasteiger partial charge in [0.05, 0.1) is 17.3 Å². The second-order valence-electron chi connectivity index (χ2n) is 4.21. The number of aryl methyl sites for hydroxylation is 1. The molecular formula is C14H12ClN3. The van der Waals surface area contributed by atoms with Crippen molar-refractivity contribution in [2.45, 2.75) is 12.8 Å². The van der Waals surface area contributed by atoms with Crippen molar-refractivity contribution in [3.63, 3.8) is 0 Å². The highest BCUT2D eigenvalue weighted by Gasteiger charge is 2.12. The average Bonchev–Trinajstić information content (AvgIpc) is 2.77. The molecule has 0 bridgehead atoms. The van der Waals surface area contributed by atoms with E-state index in [1.54, 1.807) is 12.4 Å². The molecule has 3 aromatic heterocycles. The average molecular weight is 258 g/mol. The molecule has 0 saturated carbocycles. The summed E-state index contributed by atoms with van der Waals surface area (Å²) >= 11 is 6.07. The van der Waals surface area contributed by atoms with Gasteiger partial charge in [-0.2, -0.15) is 0 Å². The van der Waals surface area contributed by atoms with Crippen molar-refractivity contribution in [1.29, 1.82) is 0 Å². The number of halogens is 1. The third kappa shape index (κ3) is 1.77. The maximum Gasteiger partial charge on any atom is 0.137 e. The molecule has 18 heavy (non-hydrogen) atoms. The fourth-order valence-corrected chi connectivity index (χ4v) is 2.32. The molecule has 90 valence electrons. The first-order valence-electron chi connectivity index (χ1n) is 5.73. The van der Waals surface area contributed by atoms with E-state index < -0.39 is 0 Å². The molecule has 0 radical (unpaired) electrons. The van der Waals surface area contributed by atoms with Crippen molar-refractivity contribution in [3.05, 3.63) is 54.1 Å². The van der Waals surface area contributed by atoms with Gasteiger partial charge in [-0.05, 0) is 36.8 Å². The number of aromatic nitrogens is 3. The molecule has 0 unspecified atom stereocenters. The summed E-state index contributed by atoms with van der Waals surface area (Å²) in [4.78, 5) is 8.69. The van der Waals surface area contributed by atoms with E-state index >= 15 is 0 Å². The second kappa shape index (κ2) is 4.42. The van der Waals surface area contributed by atoms with Gasteiger partial charge >= 0.3 is 0 Å². The number of hydrogen-bond donors (Lipinski definition) is 0. The zero-order chi connectivity index (χ0) is 12.5. The van der Waals surface area contributed by atoms with Gasteiger partial charge in [-0.1, -0.05) is 0 Å². The van der Waals surface area contributed by atoms with Crippen LogP contribution in [-0.4, -0.2) is 14.4 Å². The summed E-state index contributed by atoms with van der Waals surface area (Å²) in [5.74, 6) is 0.432. The maximum atomic E-state index is 6.07. The van der Waals surface area contributed by atoms with Crippen LogP contribution >= 0.6 is 11.6 Å². The summed E-state index contributed by atoms with van der Waals surface area (Å²) in [7, 11) is 0. The van der Waals surface area contributed by atoms with Gasteiger partial charge in [0.25, 0.3) is 0 Å². The number of nitrogens with zero attached hydrogens (tertiary/aromatic N) is 3. The molecule has 0 amide bonds. The lowest BCUT2D eigenvalue weighted by molar-refractivity contribution is 1.08. The molecule has 0 aliphatic heterocycles. The van der Waals surface area contributed by atoms with E-state index in [9.17, 15) is 0 Å². The quantitative estimate of drug-likeness (QED) is 0.659. The van der Waals surface area contributed by atoms with Gasteiger partial charge < -0.3 is 4.40 Å². The molecule has 0 N–H and O–H groups in total. The van der Waals surface area contributed by atoms with E-state index in [1.807, 2.05) is 22.7 Å². The van der Waals surface area contributed by atoms with Crippen molar-refractivity contribution in [2.75, 3.05) is 0 Å². The Kier molecular flexibility index (Phi) is 2.76. The van der Waals surface area contributed by atoms with Crippen molar-refractivity contribution < 1.29 is 0 Å². The van der Waals surface area contributed by atoms with Crippen LogP contribution in [0.4, 0.5) is 0 Å². The molecule has 0 atom stereocenters. The van der Waals surface area contributed by atoms with Crippen molar-refractivity contribution in [2.24, 2.45) is 0 Å². The van der Waals surface area contributed by atoms with E-state index in [2.05, 4.69) is 29.0 Å². The second-order valence-corrected chi connectivity index (χ2v) is 4.48. The summed E-state index contributed by atoms with van der Waals surface area (Å²) in [6.07, 6.45) is 5.55. The monoisotopic (exact) mass is 257 g/mol. The van der Waals surface area contributed by atoms with Crippen LogP contribution in [0.3, 0.4) is 0 Å². The first kappa shape index (κ1) is 11.2. The molecule has 0 spiro atoms. The van der Waals surface area contributed by atoms with Crippen LogP contribution in [0, 0.1) is 6.92 Å². The van der Waals surface area contributed by atoms with E-state index in [1.165, 1.54) is 5.56 Å². The molecule has 3 nitrogen and oxygen atoms in total. The highest BCUT2D eigenvalue weighted by Crippen LogP contribution is 2.25. The van der Waals surface area contributed by atoms with Gasteiger partial charge in [-0.15, -0.1) is 11.6 Å². The van der Waals surface area contributed by atoms with Gasteiger partial charge in [0.15, 0.2) is 0 Å². The lowest BCUT2D eigenvalue weighted by atomic mass is 10.2. The van der Waals surface area contributed by atoms with E-state index in [4.69, 9.17) is 11.6 Å². The van der Waals surface area contributed by atoms with Crippen LogP contribution in [0.25, 0.3) is 16.9 Å². The van der Waals surface area contributed by atoms with Crippen molar-refractivity contribution in [3.8, 4) is 11.3 Å². The largest absolute Gasteiger partial charge is 0.302 e. The Hall–Kier alpha value is -1.87. The minimum absolute atomic E-state index is 0.432. The molecule has 3 rings (SSSR count). The number of fused-ring (bicyclic) bond motifs is 1. The Morgan fingerprint density at radius 2 is 2.00 bits per heavy atom. The molecular weight excluding hydrogens is 246 g/mol. The minimum atomic E-state index is 0.432. The van der Waals surface area contributed by atoms with Crippen LogP contribution < -0.4 is 0 Å². The third-order valence-corrected chi connectivity index (χ3v) is 3.21. The summed E-state index contributed by atoms with van der Waals surface area (Å²) in [6, 6.07) is 8.01. The first-order chi connectivity index (χ1) is 8.79. The van der Waals surface area contributed by atoms with E-state index in [-0.39, 0.29) is 0 Å². The smallest absolute Gasteiger partial charge is 0.137 e. The fourth-order valence-electron chi connectivity index (χ4n) is 2.07. The summed E-state index contributed by atoms with van der Waals surface area (Å²) in [5.41, 5.74) is 5.10. The lowest BCUT2D eigenvalue weighted by Gasteiger charge is -2.01. The van der Waals surface area contributed by atoms with Crippen LogP contribution in [0.1, 0.15) is 11.3 Å². The zero-order valence-corrected chi connectivity index (χ0v) is 10.7. The fraction of sp³-hybridized carbons (Fsp3) is 0.143. The summed E-state index contributed by atoms with van der Waals surface area (Å²) in [5, 5.41) is 0. The normalized spacial score (nSPS) is 11.0. The topological polar surface area (TPSA) is 30.2 Å². The van der Waals surface area contributed by atoms with E-state index in [0.29, 0.717) is 5.88 Å². The minimum Gasteiger partial charge on any atom is -0.302 e. The number of alkyl halides is 1. The molecule has 0 saturated heterocycles. The Bertz CT molecular complexity index is 689. The number of rotatable bonds is 2. The lowest BCUT2D eigenvalue weighted by Crippen LogP contribution is -1.91. The van der Waals surface area contributed by atoms with Crippen LogP contribution in [-0.2, 0) is 5.88 Å². The van der Waals surface area contributed by atoms with Crippen LogP contribution in [0.2, 0.25) is 0 Å². The van der Waals surface area contributed by atoms with Gasteiger partial charge in [0.2, 0.25) is 0 Å². The first-order valence-corrected chi connectivity index (χ1v) is 6.27. The third-order valence-electron chi connectivity index (χ3n) is 2.96. The van der Waals surface area contributed by atoms with Gasteiger partial charge in [-0.25, -0.2) is 4.98 Å². The van der Waals surface area contributed by atoms with Crippen LogP contribution in [0.15, 0.2) is 42.9 Å². The molecule has 0 aliphatic rings. The van der Waals surface area contributed by atoms with Gasteiger partial charge in [0, 0.05) is 24.2 Å². The van der Waals surface area contributed by atoms with E-state index in [0.717, 1.165) is 22.6 Å².